The predicted octanol–water partition coefficient (Wildman–Crippen LogP) is 4.29. The minimum Gasteiger partial charge on any atom is -0.325 e. The largest absolute Gasteiger partial charge is 0.416 e. The van der Waals surface area contributed by atoms with Crippen LogP contribution in [0.25, 0.3) is 0 Å². The number of unbranched alkanes of at least 4 members (excludes halogenated alkanes) is 1. The van der Waals surface area contributed by atoms with E-state index in [1.165, 1.54) is 24.3 Å². The van der Waals surface area contributed by atoms with Crippen LogP contribution < -0.4 is 16.0 Å². The number of carbonyl (C=O) groups is 2. The highest BCUT2D eigenvalue weighted by atomic mass is 19.4. The monoisotopic (exact) mass is 393 g/mol. The van der Waals surface area contributed by atoms with Gasteiger partial charge in [0.15, 0.2) is 0 Å². The van der Waals surface area contributed by atoms with Crippen LogP contribution in [0.1, 0.15) is 35.7 Å². The molecule has 2 aromatic rings. The fraction of sp³-hybridized carbons (Fsp3) is 0.300. The average Bonchev–Trinajstić information content (AvgIpc) is 2.65. The Morgan fingerprint density at radius 2 is 1.64 bits per heavy atom. The number of halogens is 3. The van der Waals surface area contributed by atoms with Crippen molar-refractivity contribution in [3.63, 3.8) is 0 Å². The van der Waals surface area contributed by atoms with Gasteiger partial charge in [0.1, 0.15) is 0 Å². The van der Waals surface area contributed by atoms with E-state index in [0.29, 0.717) is 5.69 Å². The van der Waals surface area contributed by atoms with Crippen molar-refractivity contribution in [3.8, 4) is 0 Å². The SMILES string of the molecule is CCCCNCC(=O)Nc1cccc(C(=O)Nc2cccc(C(F)(F)F)c2)c1. The molecule has 0 fully saturated rings. The molecular formula is C20H22F3N3O2. The molecule has 8 heteroatoms. The molecule has 0 radical (unpaired) electrons. The summed E-state index contributed by atoms with van der Waals surface area (Å²) in [4.78, 5) is 24.2. The predicted molar refractivity (Wildman–Crippen MR) is 102 cm³/mol. The van der Waals surface area contributed by atoms with Crippen LogP contribution in [0, 0.1) is 0 Å². The van der Waals surface area contributed by atoms with Crippen molar-refractivity contribution in [2.75, 3.05) is 23.7 Å². The van der Waals surface area contributed by atoms with Crippen LogP contribution >= 0.6 is 0 Å². The molecule has 0 saturated carbocycles. The first kappa shape index (κ1) is 21.4. The van der Waals surface area contributed by atoms with Gasteiger partial charge in [0.2, 0.25) is 5.91 Å². The number of rotatable bonds is 8. The van der Waals surface area contributed by atoms with Crippen LogP contribution in [0.4, 0.5) is 24.5 Å². The third kappa shape index (κ3) is 6.70. The molecule has 0 bridgehead atoms. The zero-order valence-corrected chi connectivity index (χ0v) is 15.4. The average molecular weight is 393 g/mol. The topological polar surface area (TPSA) is 70.2 Å². The smallest absolute Gasteiger partial charge is 0.325 e. The summed E-state index contributed by atoms with van der Waals surface area (Å²) in [6, 6.07) is 10.6. The van der Waals surface area contributed by atoms with Crippen LogP contribution in [-0.2, 0) is 11.0 Å². The summed E-state index contributed by atoms with van der Waals surface area (Å²) in [6.07, 6.45) is -2.49. The van der Waals surface area contributed by atoms with Gasteiger partial charge >= 0.3 is 6.18 Å². The molecule has 28 heavy (non-hydrogen) atoms. The molecule has 2 aromatic carbocycles. The van der Waals surface area contributed by atoms with Crippen molar-refractivity contribution < 1.29 is 22.8 Å². The second kappa shape index (κ2) is 9.89. The van der Waals surface area contributed by atoms with Gasteiger partial charge < -0.3 is 16.0 Å². The molecule has 2 amide bonds. The second-order valence-electron chi connectivity index (χ2n) is 6.19. The van der Waals surface area contributed by atoms with Crippen LogP contribution in [0.2, 0.25) is 0 Å². The lowest BCUT2D eigenvalue weighted by atomic mass is 10.1. The van der Waals surface area contributed by atoms with Gasteiger partial charge in [-0.25, -0.2) is 0 Å². The van der Waals surface area contributed by atoms with Crippen molar-refractivity contribution in [3.05, 3.63) is 59.7 Å². The van der Waals surface area contributed by atoms with Crippen molar-refractivity contribution in [1.82, 2.24) is 5.32 Å². The van der Waals surface area contributed by atoms with Gasteiger partial charge in [-0.15, -0.1) is 0 Å². The maximum absolute atomic E-state index is 12.8. The van der Waals surface area contributed by atoms with E-state index < -0.39 is 17.6 Å². The summed E-state index contributed by atoms with van der Waals surface area (Å²) < 4.78 is 38.3. The minimum atomic E-state index is -4.49. The van der Waals surface area contributed by atoms with E-state index in [1.54, 1.807) is 12.1 Å². The maximum atomic E-state index is 12.8. The molecule has 0 unspecified atom stereocenters. The first-order valence-corrected chi connectivity index (χ1v) is 8.89. The lowest BCUT2D eigenvalue weighted by molar-refractivity contribution is -0.137. The van der Waals surface area contributed by atoms with Gasteiger partial charge in [-0.3, -0.25) is 9.59 Å². The summed E-state index contributed by atoms with van der Waals surface area (Å²) in [6.45, 7) is 2.95. The number of hydrogen-bond donors (Lipinski definition) is 3. The molecule has 0 atom stereocenters. The number of hydrogen-bond acceptors (Lipinski definition) is 3. The van der Waals surface area contributed by atoms with E-state index in [4.69, 9.17) is 0 Å². The van der Waals surface area contributed by atoms with E-state index >= 15 is 0 Å². The Labute approximate surface area is 161 Å². The summed E-state index contributed by atoms with van der Waals surface area (Å²) in [5.74, 6) is -0.817. The summed E-state index contributed by atoms with van der Waals surface area (Å²) in [7, 11) is 0. The van der Waals surface area contributed by atoms with Crippen LogP contribution in [0.3, 0.4) is 0 Å². The maximum Gasteiger partial charge on any atom is 0.416 e. The molecule has 0 aliphatic heterocycles. The number of amides is 2. The first-order chi connectivity index (χ1) is 13.3. The molecule has 0 saturated heterocycles. The van der Waals surface area contributed by atoms with E-state index in [-0.39, 0.29) is 23.7 Å². The fourth-order valence-electron chi connectivity index (χ4n) is 2.42. The number of alkyl halides is 3. The van der Waals surface area contributed by atoms with Crippen molar-refractivity contribution in [2.24, 2.45) is 0 Å². The van der Waals surface area contributed by atoms with Gasteiger partial charge in [-0.05, 0) is 49.4 Å². The normalized spacial score (nSPS) is 11.1. The molecule has 3 N–H and O–H groups in total. The van der Waals surface area contributed by atoms with Crippen molar-refractivity contribution >= 4 is 23.2 Å². The highest BCUT2D eigenvalue weighted by Crippen LogP contribution is 2.30. The Balaban J connectivity index is 1.99. The van der Waals surface area contributed by atoms with Gasteiger partial charge in [0.05, 0.1) is 12.1 Å². The molecule has 0 aromatic heterocycles. The molecule has 5 nitrogen and oxygen atoms in total. The van der Waals surface area contributed by atoms with Crippen LogP contribution in [0.5, 0.6) is 0 Å². The molecule has 2 rings (SSSR count). The minimum absolute atomic E-state index is 0.0365. The number of anilines is 2. The third-order valence-corrected chi connectivity index (χ3v) is 3.85. The second-order valence-corrected chi connectivity index (χ2v) is 6.19. The number of nitrogens with one attached hydrogen (secondary N) is 3. The molecule has 150 valence electrons. The highest BCUT2D eigenvalue weighted by molar-refractivity contribution is 6.05. The molecule has 0 aliphatic carbocycles. The first-order valence-electron chi connectivity index (χ1n) is 8.89. The Bertz CT molecular complexity index is 822. The van der Waals surface area contributed by atoms with E-state index in [2.05, 4.69) is 22.9 Å². The van der Waals surface area contributed by atoms with Gasteiger partial charge in [0.25, 0.3) is 5.91 Å². The van der Waals surface area contributed by atoms with Crippen LogP contribution in [-0.4, -0.2) is 24.9 Å². The van der Waals surface area contributed by atoms with E-state index in [9.17, 15) is 22.8 Å². The van der Waals surface area contributed by atoms with E-state index in [1.807, 2.05) is 0 Å². The quantitative estimate of drug-likeness (QED) is 0.586. The summed E-state index contributed by atoms with van der Waals surface area (Å²) in [5.41, 5.74) is -0.163. The number of benzene rings is 2. The lowest BCUT2D eigenvalue weighted by Gasteiger charge is -2.11. The standard InChI is InChI=1S/C20H22F3N3O2/c1-2-3-10-24-13-18(27)25-16-8-4-6-14(11-16)19(28)26-17-9-5-7-15(12-17)20(21,22)23/h4-9,11-12,24H,2-3,10,13H2,1H3,(H,25,27)(H,26,28). The zero-order chi connectivity index (χ0) is 20.6. The Hall–Kier alpha value is -2.87. The van der Waals surface area contributed by atoms with Crippen molar-refractivity contribution in [1.29, 1.82) is 0 Å². The Morgan fingerprint density at radius 3 is 2.32 bits per heavy atom. The zero-order valence-electron chi connectivity index (χ0n) is 15.4. The number of carbonyl (C=O) groups excluding carboxylic acids is 2. The summed E-state index contributed by atoms with van der Waals surface area (Å²) in [5, 5.41) is 8.12. The highest BCUT2D eigenvalue weighted by Gasteiger charge is 2.30. The molecule has 0 aliphatic rings. The third-order valence-electron chi connectivity index (χ3n) is 3.85. The lowest BCUT2D eigenvalue weighted by Crippen LogP contribution is -2.28. The fourth-order valence-corrected chi connectivity index (χ4v) is 2.42. The summed E-state index contributed by atoms with van der Waals surface area (Å²) >= 11 is 0. The van der Waals surface area contributed by atoms with Gasteiger partial charge in [-0.2, -0.15) is 13.2 Å². The molecular weight excluding hydrogens is 371 g/mol. The van der Waals surface area contributed by atoms with Gasteiger partial charge in [-0.1, -0.05) is 25.5 Å². The van der Waals surface area contributed by atoms with Crippen molar-refractivity contribution in [2.45, 2.75) is 25.9 Å². The Kier molecular flexibility index (Phi) is 7.57. The Morgan fingerprint density at radius 1 is 0.964 bits per heavy atom. The van der Waals surface area contributed by atoms with Crippen LogP contribution in [0.15, 0.2) is 48.5 Å². The van der Waals surface area contributed by atoms with E-state index in [0.717, 1.165) is 31.5 Å². The van der Waals surface area contributed by atoms with Gasteiger partial charge in [0, 0.05) is 16.9 Å². The molecule has 0 heterocycles. The molecule has 0 spiro atoms.